The molecular weight excluding hydrogens is 527 g/mol. The van der Waals surface area contributed by atoms with Gasteiger partial charge in [-0.15, -0.1) is 22.4 Å². The van der Waals surface area contributed by atoms with E-state index in [-0.39, 0.29) is 16.7 Å². The third kappa shape index (κ3) is 5.80. The molecule has 1 unspecified atom stereocenters. The summed E-state index contributed by atoms with van der Waals surface area (Å²) in [4.78, 5) is 16.4. The Morgan fingerprint density at radius 3 is 2.74 bits per heavy atom. The lowest BCUT2D eigenvalue weighted by atomic mass is 9.96. The summed E-state index contributed by atoms with van der Waals surface area (Å²) in [5.74, 6) is 4.56. The fraction of sp³-hybridized carbons (Fsp3) is 0.222. The molecule has 0 aliphatic heterocycles. The molecule has 0 saturated heterocycles. The second kappa shape index (κ2) is 11.5. The van der Waals surface area contributed by atoms with Gasteiger partial charge in [-0.1, -0.05) is 18.1 Å². The van der Waals surface area contributed by atoms with Gasteiger partial charge in [0.2, 0.25) is 10.0 Å². The normalized spacial score (nSPS) is 13.4. The van der Waals surface area contributed by atoms with Gasteiger partial charge in [0.15, 0.2) is 5.69 Å². The molecule has 0 radical (unpaired) electrons. The van der Waals surface area contributed by atoms with Crippen molar-refractivity contribution in [2.75, 3.05) is 0 Å². The fourth-order valence-electron chi connectivity index (χ4n) is 4.22. The van der Waals surface area contributed by atoms with Crippen LogP contribution in [0.3, 0.4) is 0 Å². The molecule has 4 aromatic rings. The minimum absolute atomic E-state index is 0. The summed E-state index contributed by atoms with van der Waals surface area (Å²) in [6, 6.07) is 12.2. The molecule has 1 saturated carbocycles. The van der Waals surface area contributed by atoms with Crippen LogP contribution in [-0.2, 0) is 24.2 Å². The van der Waals surface area contributed by atoms with Crippen LogP contribution >= 0.6 is 11.3 Å². The van der Waals surface area contributed by atoms with E-state index in [1.165, 1.54) is 22.8 Å². The average Bonchev–Trinajstić information content (AvgIpc) is 3.43. The summed E-state index contributed by atoms with van der Waals surface area (Å²) in [6.07, 6.45) is 3.47. The molecule has 196 valence electrons. The Morgan fingerprint density at radius 2 is 2.08 bits per heavy atom. The Morgan fingerprint density at radius 1 is 1.29 bits per heavy atom. The first-order valence-electron chi connectivity index (χ1n) is 11.6. The highest BCUT2D eigenvalue weighted by Gasteiger charge is 2.29. The van der Waals surface area contributed by atoms with Crippen LogP contribution in [0.5, 0.6) is 0 Å². The summed E-state index contributed by atoms with van der Waals surface area (Å²) in [6.45, 7) is 1.65. The Bertz CT molecular complexity index is 1550. The van der Waals surface area contributed by atoms with E-state index in [1.807, 2.05) is 18.2 Å². The molecule has 1 atom stereocenters. The molecule has 8 nitrogen and oxygen atoms in total. The first kappa shape index (κ1) is 27.5. The lowest BCUT2D eigenvalue weighted by Crippen LogP contribution is -2.12. The topological polar surface area (TPSA) is 146 Å². The van der Waals surface area contributed by atoms with Crippen LogP contribution in [0.2, 0.25) is 0 Å². The van der Waals surface area contributed by atoms with Gasteiger partial charge in [0.25, 0.3) is 11.4 Å². The van der Waals surface area contributed by atoms with Gasteiger partial charge in [-0.25, -0.2) is 18.9 Å². The maximum Gasteiger partial charge on any atom is 0.355 e. The number of benzene rings is 2. The fourth-order valence-corrected chi connectivity index (χ4v) is 5.48. The second-order valence-electron chi connectivity index (χ2n) is 8.86. The molecule has 2 heterocycles. The van der Waals surface area contributed by atoms with Gasteiger partial charge < -0.3 is 10.6 Å². The van der Waals surface area contributed by atoms with Crippen molar-refractivity contribution in [3.8, 4) is 28.2 Å². The predicted molar refractivity (Wildman–Crippen MR) is 146 cm³/mol. The molecule has 2 aromatic heterocycles. The van der Waals surface area contributed by atoms with Crippen LogP contribution < -0.4 is 5.14 Å². The quantitative estimate of drug-likeness (QED) is 0.220. The van der Waals surface area contributed by atoms with E-state index in [0.717, 1.165) is 36.1 Å². The number of rotatable bonds is 8. The van der Waals surface area contributed by atoms with E-state index in [1.54, 1.807) is 29.8 Å². The molecule has 0 spiro atoms. The third-order valence-electron chi connectivity index (χ3n) is 6.18. The van der Waals surface area contributed by atoms with Gasteiger partial charge in [-0.05, 0) is 61.9 Å². The Hall–Kier alpha value is -3.53. The van der Waals surface area contributed by atoms with Crippen molar-refractivity contribution in [1.29, 1.82) is 0 Å². The lowest BCUT2D eigenvalue weighted by molar-refractivity contribution is 0.0691. The van der Waals surface area contributed by atoms with E-state index >= 15 is 0 Å². The Balaban J connectivity index is 0.00000336. The first-order valence-corrected chi connectivity index (χ1v) is 13.8. The number of carbonyl (C=O) groups is 1. The number of carboxylic acids is 1. The number of thiazole rings is 1. The van der Waals surface area contributed by atoms with E-state index in [4.69, 9.17) is 10.2 Å². The molecule has 6 N–H and O–H groups in total. The molecule has 1 aliphatic carbocycles. The van der Waals surface area contributed by atoms with E-state index in [0.29, 0.717) is 33.6 Å². The molecule has 2 aromatic carbocycles. The summed E-state index contributed by atoms with van der Waals surface area (Å²) >= 11 is -0.155. The number of aromatic nitrogens is 3. The first-order chi connectivity index (χ1) is 17.8. The van der Waals surface area contributed by atoms with Crippen molar-refractivity contribution in [2.24, 2.45) is 11.1 Å². The van der Waals surface area contributed by atoms with Crippen molar-refractivity contribution in [2.45, 2.75) is 37.5 Å². The van der Waals surface area contributed by atoms with Crippen LogP contribution in [0, 0.1) is 23.6 Å². The number of nitrogens with zero attached hydrogens (tertiary/aromatic N) is 3. The summed E-state index contributed by atoms with van der Waals surface area (Å²) in [7, 11) is 0. The summed E-state index contributed by atoms with van der Waals surface area (Å²) in [5, 5.41) is 22.0. The maximum absolute atomic E-state index is 14.4. The third-order valence-corrected chi connectivity index (χ3v) is 7.73. The molecule has 1 aliphatic rings. The number of hydrogen-bond donors (Lipinski definition) is 3. The zero-order valence-electron chi connectivity index (χ0n) is 20.4. The molecule has 11 heteroatoms. The monoisotopic (exact) mass is 553 g/mol. The zero-order valence-corrected chi connectivity index (χ0v) is 22.1. The molecule has 0 bridgehead atoms. The zero-order chi connectivity index (χ0) is 26.1. The van der Waals surface area contributed by atoms with Gasteiger partial charge >= 0.3 is 5.97 Å². The average molecular weight is 554 g/mol. The van der Waals surface area contributed by atoms with Crippen molar-refractivity contribution in [3.63, 3.8) is 0 Å². The number of carboxylic acid groups (broad SMARTS) is 1. The van der Waals surface area contributed by atoms with Gasteiger partial charge in [0.1, 0.15) is 5.82 Å². The van der Waals surface area contributed by atoms with Crippen LogP contribution in [0.1, 0.15) is 52.6 Å². The van der Waals surface area contributed by atoms with Crippen molar-refractivity contribution in [3.05, 3.63) is 81.7 Å². The molecule has 38 heavy (non-hydrogen) atoms. The van der Waals surface area contributed by atoms with E-state index in [9.17, 15) is 18.8 Å². The molecule has 1 fully saturated rings. The SMILES string of the molecule is CC#Cc1cc(-c2nn(-c3nc(C(=O)O)cs3)c(CC3CC3)c2Cc2cccc([S+](N)O)c2)ccc1F.O. The lowest BCUT2D eigenvalue weighted by Gasteiger charge is -2.09. The highest BCUT2D eigenvalue weighted by molar-refractivity contribution is 7.89. The highest BCUT2D eigenvalue weighted by Crippen LogP contribution is 2.38. The van der Waals surface area contributed by atoms with Gasteiger partial charge in [-0.2, -0.15) is 9.65 Å². The minimum atomic E-state index is -1.37. The summed E-state index contributed by atoms with van der Waals surface area (Å²) < 4.78 is 26.1. The highest BCUT2D eigenvalue weighted by atomic mass is 32.2. The number of halogens is 1. The largest absolute Gasteiger partial charge is 0.476 e. The van der Waals surface area contributed by atoms with Gasteiger partial charge in [0, 0.05) is 29.0 Å². The molecule has 5 rings (SSSR count). The Labute approximate surface area is 226 Å². The molecular formula is C27H26FN4O4S2+. The van der Waals surface area contributed by atoms with Crippen LogP contribution in [0.15, 0.2) is 52.7 Å². The standard InChI is InChI=1S/C27H23FN4O3S2.H2O/c1-2-4-18-14-19(9-10-22(18)28)25-21(12-17-5-3-6-20(11-17)37(29)35)24(13-16-7-8-16)32(31-25)27-30-23(15-36-27)26(33)34;/h3,5-6,9-11,14-16,35H,7-8,12-13,29H2,1H3;1H2/p+1. The minimum Gasteiger partial charge on any atom is -0.476 e. The van der Waals surface area contributed by atoms with Crippen LogP contribution in [-0.4, -0.2) is 35.9 Å². The Kier molecular flexibility index (Phi) is 8.30. The summed E-state index contributed by atoms with van der Waals surface area (Å²) in [5.41, 5.74) is 4.42. The number of aromatic carboxylic acids is 1. The van der Waals surface area contributed by atoms with E-state index < -0.39 is 23.1 Å². The van der Waals surface area contributed by atoms with Gasteiger partial charge in [-0.3, -0.25) is 0 Å². The van der Waals surface area contributed by atoms with Gasteiger partial charge in [0.05, 0.1) is 17.0 Å². The number of nitrogens with two attached hydrogens (primary N) is 1. The van der Waals surface area contributed by atoms with Crippen molar-refractivity contribution >= 4 is 28.7 Å². The second-order valence-corrected chi connectivity index (χ2v) is 10.8. The van der Waals surface area contributed by atoms with E-state index in [2.05, 4.69) is 16.8 Å². The van der Waals surface area contributed by atoms with Crippen molar-refractivity contribution < 1.29 is 24.3 Å². The molecule has 0 amide bonds. The van der Waals surface area contributed by atoms with Crippen molar-refractivity contribution in [1.82, 2.24) is 14.8 Å². The smallest absolute Gasteiger partial charge is 0.355 e. The predicted octanol–water partition coefficient (Wildman–Crippen LogP) is 4.25. The van der Waals surface area contributed by atoms with Crippen LogP contribution in [0.25, 0.3) is 16.4 Å². The maximum atomic E-state index is 14.4. The number of hydrogen-bond acceptors (Lipinski definition) is 6. The van der Waals surface area contributed by atoms with Crippen LogP contribution in [0.4, 0.5) is 4.39 Å².